The van der Waals surface area contributed by atoms with Gasteiger partial charge in [-0.2, -0.15) is 0 Å². The molecule has 2 rings (SSSR count). The van der Waals surface area contributed by atoms with Crippen LogP contribution < -0.4 is 4.74 Å². The van der Waals surface area contributed by atoms with Crippen molar-refractivity contribution in [3.63, 3.8) is 0 Å². The van der Waals surface area contributed by atoms with Crippen molar-refractivity contribution in [3.8, 4) is 5.75 Å². The summed E-state index contributed by atoms with van der Waals surface area (Å²) in [5, 5.41) is 21.6. The van der Waals surface area contributed by atoms with E-state index in [1.54, 1.807) is 0 Å². The number of non-ortho nitro benzene ring substituents is 1. The Balaban J connectivity index is 2.25. The highest BCUT2D eigenvalue weighted by atomic mass is 79.9. The maximum atomic E-state index is 11.1. The highest BCUT2D eigenvalue weighted by molar-refractivity contribution is 9.10. The van der Waals surface area contributed by atoms with Crippen molar-refractivity contribution < 1.29 is 19.6 Å². The van der Waals surface area contributed by atoms with Crippen molar-refractivity contribution in [1.29, 1.82) is 0 Å². The molecule has 0 bridgehead atoms. The number of aromatic carboxylic acids is 1. The molecule has 1 N–H and O–H groups in total. The van der Waals surface area contributed by atoms with Gasteiger partial charge in [0.25, 0.3) is 5.69 Å². The third-order valence-electron chi connectivity index (χ3n) is 2.45. The molecule has 104 valence electrons. The molecular formula is C12H8BrNO5S. The lowest BCUT2D eigenvalue weighted by Crippen LogP contribution is -2.04. The first-order chi connectivity index (χ1) is 9.49. The Bertz CT molecular complexity index is 670. The van der Waals surface area contributed by atoms with Gasteiger partial charge in [0.05, 0.1) is 9.80 Å². The molecule has 8 heteroatoms. The maximum Gasteiger partial charge on any atom is 0.339 e. The lowest BCUT2D eigenvalue weighted by molar-refractivity contribution is -0.384. The Kier molecular flexibility index (Phi) is 4.35. The van der Waals surface area contributed by atoms with Crippen molar-refractivity contribution in [2.24, 2.45) is 0 Å². The van der Waals surface area contributed by atoms with Crippen molar-refractivity contribution >= 4 is 38.9 Å². The van der Waals surface area contributed by atoms with Crippen LogP contribution in [0.3, 0.4) is 0 Å². The van der Waals surface area contributed by atoms with E-state index in [9.17, 15) is 14.9 Å². The fourth-order valence-corrected chi connectivity index (χ4v) is 2.87. The second-order valence-corrected chi connectivity index (χ2v) is 5.58. The van der Waals surface area contributed by atoms with Gasteiger partial charge in [0.15, 0.2) is 0 Å². The lowest BCUT2D eigenvalue weighted by Gasteiger charge is -2.08. The maximum absolute atomic E-state index is 11.1. The van der Waals surface area contributed by atoms with E-state index in [0.29, 0.717) is 0 Å². The number of nitro groups is 1. The molecule has 1 heterocycles. The largest absolute Gasteiger partial charge is 0.487 e. The summed E-state index contributed by atoms with van der Waals surface area (Å²) in [5.74, 6) is -1.17. The van der Waals surface area contributed by atoms with Gasteiger partial charge in [0, 0.05) is 16.6 Å². The molecule has 0 saturated carbocycles. The van der Waals surface area contributed by atoms with Gasteiger partial charge in [0.2, 0.25) is 0 Å². The molecule has 0 fully saturated rings. The highest BCUT2D eigenvalue weighted by Gasteiger charge is 2.17. The van der Waals surface area contributed by atoms with Gasteiger partial charge in [-0.05, 0) is 33.4 Å². The fraction of sp³-hybridized carbons (Fsp3) is 0.0833. The van der Waals surface area contributed by atoms with E-state index in [4.69, 9.17) is 9.84 Å². The van der Waals surface area contributed by atoms with E-state index < -0.39 is 10.9 Å². The van der Waals surface area contributed by atoms with Crippen LogP contribution in [0.1, 0.15) is 15.2 Å². The van der Waals surface area contributed by atoms with Gasteiger partial charge in [0.1, 0.15) is 17.9 Å². The molecule has 0 aliphatic carbocycles. The Morgan fingerprint density at radius 2 is 2.20 bits per heavy atom. The number of nitrogens with zero attached hydrogens (tertiary/aromatic N) is 1. The normalized spacial score (nSPS) is 10.2. The van der Waals surface area contributed by atoms with Gasteiger partial charge in [-0.25, -0.2) is 4.79 Å². The van der Waals surface area contributed by atoms with Crippen LogP contribution in [-0.2, 0) is 6.61 Å². The third-order valence-corrected chi connectivity index (χ3v) is 4.35. The molecule has 20 heavy (non-hydrogen) atoms. The molecular weight excluding hydrogens is 350 g/mol. The molecule has 6 nitrogen and oxygen atoms in total. The summed E-state index contributed by atoms with van der Waals surface area (Å²) in [7, 11) is 0. The topological polar surface area (TPSA) is 89.7 Å². The van der Waals surface area contributed by atoms with Crippen LogP contribution in [0.2, 0.25) is 0 Å². The van der Waals surface area contributed by atoms with Gasteiger partial charge >= 0.3 is 5.97 Å². The van der Waals surface area contributed by atoms with Gasteiger partial charge in [-0.1, -0.05) is 0 Å². The fourth-order valence-electron chi connectivity index (χ4n) is 1.50. The Hall–Kier alpha value is -1.93. The van der Waals surface area contributed by atoms with Gasteiger partial charge in [-0.15, -0.1) is 11.3 Å². The first-order valence-electron chi connectivity index (χ1n) is 5.35. The molecule has 2 aromatic rings. The number of halogens is 1. The Labute approximate surface area is 125 Å². The first-order valence-corrected chi connectivity index (χ1v) is 7.02. The average Bonchev–Trinajstić information content (AvgIpc) is 2.81. The molecule has 1 aromatic heterocycles. The first kappa shape index (κ1) is 14.5. The summed E-state index contributed by atoms with van der Waals surface area (Å²) in [6.07, 6.45) is 0. The molecule has 0 atom stereocenters. The number of thiophene rings is 1. The van der Waals surface area contributed by atoms with Crippen LogP contribution >= 0.6 is 27.3 Å². The zero-order valence-electron chi connectivity index (χ0n) is 9.91. The number of benzene rings is 1. The monoisotopic (exact) mass is 357 g/mol. The van der Waals surface area contributed by atoms with E-state index in [2.05, 4.69) is 15.9 Å². The number of ether oxygens (including phenoxy) is 1. The van der Waals surface area contributed by atoms with Crippen molar-refractivity contribution in [2.45, 2.75) is 6.61 Å². The summed E-state index contributed by atoms with van der Waals surface area (Å²) < 4.78 is 6.31. The zero-order valence-corrected chi connectivity index (χ0v) is 12.3. The van der Waals surface area contributed by atoms with E-state index in [1.807, 2.05) is 11.4 Å². The van der Waals surface area contributed by atoms with E-state index in [0.717, 1.165) is 15.4 Å². The molecule has 0 radical (unpaired) electrons. The Morgan fingerprint density at radius 3 is 2.75 bits per heavy atom. The van der Waals surface area contributed by atoms with Gasteiger partial charge < -0.3 is 9.84 Å². The predicted octanol–water partition coefficient (Wildman–Crippen LogP) is 3.70. The molecule has 0 saturated heterocycles. The quantitative estimate of drug-likeness (QED) is 0.650. The summed E-state index contributed by atoms with van der Waals surface area (Å²) in [6.45, 7) is 0.191. The lowest BCUT2D eigenvalue weighted by atomic mass is 10.2. The molecule has 1 aromatic carbocycles. The molecule has 0 aliphatic heterocycles. The number of hydrogen-bond acceptors (Lipinski definition) is 5. The smallest absolute Gasteiger partial charge is 0.339 e. The third kappa shape index (κ3) is 3.14. The number of carboxylic acid groups (broad SMARTS) is 1. The van der Waals surface area contributed by atoms with Crippen LogP contribution in [0.15, 0.2) is 34.1 Å². The van der Waals surface area contributed by atoms with Crippen LogP contribution in [0.25, 0.3) is 0 Å². The highest BCUT2D eigenvalue weighted by Crippen LogP contribution is 2.28. The number of hydrogen-bond donors (Lipinski definition) is 1. The van der Waals surface area contributed by atoms with Crippen molar-refractivity contribution in [2.75, 3.05) is 0 Å². The van der Waals surface area contributed by atoms with Crippen LogP contribution in [0, 0.1) is 10.1 Å². The SMILES string of the molecule is O=C(O)c1cc([N+](=O)[O-])ccc1OCc1sccc1Br. The van der Waals surface area contributed by atoms with Crippen LogP contribution in [-0.4, -0.2) is 16.0 Å². The Morgan fingerprint density at radius 1 is 1.45 bits per heavy atom. The van der Waals surface area contributed by atoms with E-state index in [-0.39, 0.29) is 23.6 Å². The van der Waals surface area contributed by atoms with Gasteiger partial charge in [-0.3, -0.25) is 10.1 Å². The molecule has 0 spiro atoms. The predicted molar refractivity (Wildman–Crippen MR) is 76.4 cm³/mol. The van der Waals surface area contributed by atoms with Crippen LogP contribution in [0.4, 0.5) is 5.69 Å². The summed E-state index contributed by atoms with van der Waals surface area (Å²) >= 11 is 4.81. The van der Waals surface area contributed by atoms with E-state index >= 15 is 0 Å². The van der Waals surface area contributed by atoms with Crippen molar-refractivity contribution in [3.05, 3.63) is 54.7 Å². The minimum absolute atomic E-state index is 0.100. The molecule has 0 amide bonds. The minimum atomic E-state index is -1.27. The minimum Gasteiger partial charge on any atom is -0.487 e. The number of carboxylic acids is 1. The summed E-state index contributed by atoms with van der Waals surface area (Å²) in [4.78, 5) is 22.0. The standard InChI is InChI=1S/C12H8BrNO5S/c13-9-3-4-20-11(9)6-19-10-2-1-7(14(17)18)5-8(10)12(15)16/h1-5H,6H2,(H,15,16). The zero-order chi connectivity index (χ0) is 14.7. The number of carbonyl (C=O) groups is 1. The summed E-state index contributed by atoms with van der Waals surface area (Å²) in [5.41, 5.74) is -0.515. The molecule has 0 unspecified atom stereocenters. The summed E-state index contributed by atoms with van der Waals surface area (Å²) in [6, 6.07) is 5.35. The number of rotatable bonds is 5. The average molecular weight is 358 g/mol. The molecule has 0 aliphatic rings. The van der Waals surface area contributed by atoms with E-state index in [1.165, 1.54) is 23.5 Å². The van der Waals surface area contributed by atoms with Crippen LogP contribution in [0.5, 0.6) is 5.75 Å². The second kappa shape index (κ2) is 6.02. The van der Waals surface area contributed by atoms with Crippen molar-refractivity contribution in [1.82, 2.24) is 0 Å². The number of nitro benzene ring substituents is 1. The second-order valence-electron chi connectivity index (χ2n) is 3.72.